The highest BCUT2D eigenvalue weighted by atomic mass is 16.5. The molecule has 0 saturated carbocycles. The van der Waals surface area contributed by atoms with Crippen LogP contribution in [0, 0.1) is 6.92 Å². The van der Waals surface area contributed by atoms with Gasteiger partial charge in [-0.15, -0.1) is 0 Å². The third kappa shape index (κ3) is 5.47. The summed E-state index contributed by atoms with van der Waals surface area (Å²) in [6.45, 7) is 1.71. The van der Waals surface area contributed by atoms with E-state index in [9.17, 15) is 14.4 Å². The van der Waals surface area contributed by atoms with Gasteiger partial charge in [-0.1, -0.05) is 0 Å². The molecule has 0 unspecified atom stereocenters. The average molecular weight is 295 g/mol. The van der Waals surface area contributed by atoms with Crippen molar-refractivity contribution in [3.63, 3.8) is 0 Å². The molecule has 0 fully saturated rings. The Labute approximate surface area is 121 Å². The summed E-state index contributed by atoms with van der Waals surface area (Å²) in [6.07, 6.45) is 1.43. The van der Waals surface area contributed by atoms with E-state index in [1.165, 1.54) is 7.11 Å². The molecule has 0 saturated heterocycles. The third-order valence-corrected chi connectivity index (χ3v) is 2.72. The van der Waals surface area contributed by atoms with Crippen LogP contribution in [0.5, 0.6) is 0 Å². The van der Waals surface area contributed by atoms with Gasteiger partial charge in [-0.3, -0.25) is 9.78 Å². The molecule has 0 aliphatic heterocycles. The fourth-order valence-electron chi connectivity index (χ4n) is 1.55. The van der Waals surface area contributed by atoms with Gasteiger partial charge < -0.3 is 20.5 Å². The van der Waals surface area contributed by atoms with E-state index in [-0.39, 0.29) is 12.8 Å². The van der Waals surface area contributed by atoms with E-state index in [1.54, 1.807) is 25.3 Å². The summed E-state index contributed by atoms with van der Waals surface area (Å²) in [7, 11) is 1.21. The fraction of sp³-hybridized carbons (Fsp3) is 0.385. The second-order valence-corrected chi connectivity index (χ2v) is 4.24. The standard InChI is InChI=1S/C13H17N3O5/c1-8-9(4-3-7-14-8)15-13(20)16-10(12(18)19)5-6-11(17)21-2/h3-4,7,10H,5-6H2,1-2H3,(H,18,19)(H2,15,16,20)/t10-/m1/s1. The third-order valence-electron chi connectivity index (χ3n) is 2.72. The van der Waals surface area contributed by atoms with E-state index in [0.29, 0.717) is 11.4 Å². The van der Waals surface area contributed by atoms with Crippen LogP contribution < -0.4 is 10.6 Å². The number of nitrogens with one attached hydrogen (secondary N) is 2. The predicted molar refractivity (Wildman–Crippen MR) is 73.8 cm³/mol. The van der Waals surface area contributed by atoms with E-state index in [0.717, 1.165) is 0 Å². The highest BCUT2D eigenvalue weighted by Gasteiger charge is 2.21. The minimum atomic E-state index is -1.23. The van der Waals surface area contributed by atoms with Gasteiger partial charge in [0.05, 0.1) is 18.5 Å². The molecule has 1 rings (SSSR count). The van der Waals surface area contributed by atoms with Crippen LogP contribution in [0.1, 0.15) is 18.5 Å². The smallest absolute Gasteiger partial charge is 0.326 e. The number of nitrogens with zero attached hydrogens (tertiary/aromatic N) is 1. The van der Waals surface area contributed by atoms with Crippen molar-refractivity contribution in [3.05, 3.63) is 24.0 Å². The van der Waals surface area contributed by atoms with Gasteiger partial charge in [0.15, 0.2) is 0 Å². The molecule has 3 N–H and O–H groups in total. The van der Waals surface area contributed by atoms with E-state index in [4.69, 9.17) is 5.11 Å². The number of aryl methyl sites for hydroxylation is 1. The van der Waals surface area contributed by atoms with Gasteiger partial charge >= 0.3 is 18.0 Å². The fourth-order valence-corrected chi connectivity index (χ4v) is 1.55. The molecule has 1 aromatic rings. The molecule has 1 heterocycles. The lowest BCUT2D eigenvalue weighted by atomic mass is 10.1. The van der Waals surface area contributed by atoms with Crippen molar-refractivity contribution in [1.29, 1.82) is 0 Å². The van der Waals surface area contributed by atoms with Crippen molar-refractivity contribution < 1.29 is 24.2 Å². The maximum Gasteiger partial charge on any atom is 0.326 e. The summed E-state index contributed by atoms with van der Waals surface area (Å²) in [5, 5.41) is 13.8. The summed E-state index contributed by atoms with van der Waals surface area (Å²) >= 11 is 0. The zero-order valence-electron chi connectivity index (χ0n) is 11.8. The molecule has 8 nitrogen and oxygen atoms in total. The SMILES string of the molecule is COC(=O)CC[C@@H](NC(=O)Nc1cccnc1C)C(=O)O. The number of hydrogen-bond donors (Lipinski definition) is 3. The number of carbonyl (C=O) groups is 3. The quantitative estimate of drug-likeness (QED) is 0.672. The molecule has 0 spiro atoms. The molecular formula is C13H17N3O5. The molecule has 114 valence electrons. The van der Waals surface area contributed by atoms with Crippen LogP contribution >= 0.6 is 0 Å². The second kappa shape index (κ2) is 7.83. The molecule has 0 radical (unpaired) electrons. The Morgan fingerprint density at radius 3 is 2.71 bits per heavy atom. The lowest BCUT2D eigenvalue weighted by Crippen LogP contribution is -2.43. The first-order valence-electron chi connectivity index (χ1n) is 6.22. The number of carbonyl (C=O) groups excluding carboxylic acids is 2. The van der Waals surface area contributed by atoms with Gasteiger partial charge in [0.1, 0.15) is 6.04 Å². The number of hydrogen-bond acceptors (Lipinski definition) is 5. The molecule has 0 aliphatic rings. The number of urea groups is 1. The van der Waals surface area contributed by atoms with E-state index in [1.807, 2.05) is 0 Å². The molecule has 8 heteroatoms. The molecule has 21 heavy (non-hydrogen) atoms. The Bertz CT molecular complexity index is 532. The first-order valence-corrected chi connectivity index (χ1v) is 6.22. The zero-order valence-corrected chi connectivity index (χ0v) is 11.8. The summed E-state index contributed by atoms with van der Waals surface area (Å²) in [4.78, 5) is 37.8. The molecule has 1 atom stereocenters. The molecule has 1 aromatic heterocycles. The highest BCUT2D eigenvalue weighted by Crippen LogP contribution is 2.10. The van der Waals surface area contributed by atoms with Crippen LogP contribution in [-0.4, -0.2) is 41.2 Å². The molecule has 0 bridgehead atoms. The van der Waals surface area contributed by atoms with Crippen molar-refractivity contribution in [2.45, 2.75) is 25.8 Å². The summed E-state index contributed by atoms with van der Waals surface area (Å²) < 4.78 is 4.43. The van der Waals surface area contributed by atoms with Crippen LogP contribution in [0.4, 0.5) is 10.5 Å². The normalized spacial score (nSPS) is 11.3. The Morgan fingerprint density at radius 1 is 1.43 bits per heavy atom. The van der Waals surface area contributed by atoms with Crippen LogP contribution in [0.15, 0.2) is 18.3 Å². The van der Waals surface area contributed by atoms with Gasteiger partial charge in [-0.25, -0.2) is 9.59 Å². The van der Waals surface area contributed by atoms with Crippen molar-refractivity contribution in [1.82, 2.24) is 10.3 Å². The number of methoxy groups -OCH3 is 1. The van der Waals surface area contributed by atoms with Crippen LogP contribution in [0.3, 0.4) is 0 Å². The Balaban J connectivity index is 2.58. The first kappa shape index (κ1) is 16.4. The summed E-state index contributed by atoms with van der Waals surface area (Å²) in [6, 6.07) is 1.44. The highest BCUT2D eigenvalue weighted by molar-refractivity contribution is 5.92. The lowest BCUT2D eigenvalue weighted by Gasteiger charge is -2.15. The number of pyridine rings is 1. The van der Waals surface area contributed by atoms with Crippen molar-refractivity contribution in [3.8, 4) is 0 Å². The van der Waals surface area contributed by atoms with Crippen molar-refractivity contribution >= 4 is 23.7 Å². The second-order valence-electron chi connectivity index (χ2n) is 4.24. The number of anilines is 1. The van der Waals surface area contributed by atoms with E-state index >= 15 is 0 Å². The average Bonchev–Trinajstić information content (AvgIpc) is 2.45. The number of carboxylic acid groups (broad SMARTS) is 1. The van der Waals surface area contributed by atoms with Crippen molar-refractivity contribution in [2.75, 3.05) is 12.4 Å². The Hall–Kier alpha value is -2.64. The van der Waals surface area contributed by atoms with Gasteiger partial charge in [0.2, 0.25) is 0 Å². The minimum Gasteiger partial charge on any atom is -0.480 e. The number of aromatic nitrogens is 1. The molecule has 0 aromatic carbocycles. The van der Waals surface area contributed by atoms with Crippen LogP contribution in [-0.2, 0) is 14.3 Å². The van der Waals surface area contributed by atoms with Gasteiger partial charge in [-0.2, -0.15) is 0 Å². The molecule has 0 aliphatic carbocycles. The number of ether oxygens (including phenoxy) is 1. The van der Waals surface area contributed by atoms with E-state index in [2.05, 4.69) is 20.4 Å². The first-order chi connectivity index (χ1) is 9.93. The topological polar surface area (TPSA) is 118 Å². The predicted octanol–water partition coefficient (Wildman–Crippen LogP) is 0.918. The minimum absolute atomic E-state index is 0.0541. The Morgan fingerprint density at radius 2 is 2.14 bits per heavy atom. The number of carboxylic acids is 1. The number of rotatable bonds is 6. The zero-order chi connectivity index (χ0) is 15.8. The lowest BCUT2D eigenvalue weighted by molar-refractivity contribution is -0.142. The maximum absolute atomic E-state index is 11.8. The summed E-state index contributed by atoms with van der Waals surface area (Å²) in [5.74, 6) is -1.76. The van der Waals surface area contributed by atoms with Crippen LogP contribution in [0.2, 0.25) is 0 Å². The molecule has 2 amide bonds. The van der Waals surface area contributed by atoms with Crippen LogP contribution in [0.25, 0.3) is 0 Å². The molecular weight excluding hydrogens is 278 g/mol. The van der Waals surface area contributed by atoms with Crippen molar-refractivity contribution in [2.24, 2.45) is 0 Å². The number of aliphatic carboxylic acids is 1. The van der Waals surface area contributed by atoms with Gasteiger partial charge in [0, 0.05) is 12.6 Å². The largest absolute Gasteiger partial charge is 0.480 e. The number of amides is 2. The Kier molecular flexibility index (Phi) is 6.12. The monoisotopic (exact) mass is 295 g/mol. The van der Waals surface area contributed by atoms with Gasteiger partial charge in [0.25, 0.3) is 0 Å². The maximum atomic E-state index is 11.8. The number of esters is 1. The van der Waals surface area contributed by atoms with Gasteiger partial charge in [-0.05, 0) is 25.5 Å². The summed E-state index contributed by atoms with van der Waals surface area (Å²) in [5.41, 5.74) is 1.08. The van der Waals surface area contributed by atoms with E-state index < -0.39 is 24.0 Å².